The minimum absolute atomic E-state index is 0.228. The topological polar surface area (TPSA) is 66.5 Å². The Balaban J connectivity index is 1.47. The molecular formula is C22H30N4O2S. The van der Waals surface area contributed by atoms with E-state index in [9.17, 15) is 4.79 Å². The van der Waals surface area contributed by atoms with Gasteiger partial charge in [-0.1, -0.05) is 24.2 Å². The molecule has 1 saturated carbocycles. The van der Waals surface area contributed by atoms with Gasteiger partial charge in [0.2, 0.25) is 0 Å². The molecule has 2 aliphatic carbocycles. The Morgan fingerprint density at radius 2 is 2.28 bits per heavy atom. The summed E-state index contributed by atoms with van der Waals surface area (Å²) in [5.41, 5.74) is 4.43. The molecule has 0 unspecified atom stereocenters. The molecule has 156 valence electrons. The smallest absolute Gasteiger partial charge is 0.321 e. The summed E-state index contributed by atoms with van der Waals surface area (Å²) in [4.78, 5) is 19.4. The molecule has 2 fully saturated rings. The second kappa shape index (κ2) is 7.52. The number of amides is 2. The van der Waals surface area contributed by atoms with Crippen molar-refractivity contribution < 1.29 is 9.53 Å². The number of nitrogens with zero attached hydrogens (tertiary/aromatic N) is 2. The first-order valence-electron chi connectivity index (χ1n) is 10.8. The molecule has 6 nitrogen and oxygen atoms in total. The maximum Gasteiger partial charge on any atom is 0.321 e. The average Bonchev–Trinajstić information content (AvgIpc) is 3.10. The zero-order valence-electron chi connectivity index (χ0n) is 17.3. The molecule has 3 atom stereocenters. The van der Waals surface area contributed by atoms with Gasteiger partial charge in [-0.05, 0) is 68.5 Å². The van der Waals surface area contributed by atoms with Crippen LogP contribution in [0.4, 0.5) is 9.93 Å². The molecule has 2 aromatic rings. The van der Waals surface area contributed by atoms with Crippen molar-refractivity contribution in [2.24, 2.45) is 5.92 Å². The molecular weight excluding hydrogens is 384 g/mol. The van der Waals surface area contributed by atoms with Gasteiger partial charge in [0.05, 0.1) is 16.8 Å². The highest BCUT2D eigenvalue weighted by molar-refractivity contribution is 7.22. The summed E-state index contributed by atoms with van der Waals surface area (Å²) in [5, 5.41) is 6.33. The van der Waals surface area contributed by atoms with Crippen LogP contribution in [0.2, 0.25) is 0 Å². The number of carbonyl (C=O) groups is 1. The summed E-state index contributed by atoms with van der Waals surface area (Å²) < 4.78 is 6.14. The van der Waals surface area contributed by atoms with Crippen LogP contribution in [0.3, 0.4) is 0 Å². The quantitative estimate of drug-likeness (QED) is 0.748. The molecule has 2 bridgehead atoms. The third kappa shape index (κ3) is 3.23. The first-order valence-corrected chi connectivity index (χ1v) is 11.6. The Labute approximate surface area is 176 Å². The molecule has 0 radical (unpaired) electrons. The Kier molecular flexibility index (Phi) is 5.00. The largest absolute Gasteiger partial charge is 0.383 e. The predicted octanol–water partition coefficient (Wildman–Crippen LogP) is 3.75. The van der Waals surface area contributed by atoms with Gasteiger partial charge < -0.3 is 15.0 Å². The Morgan fingerprint density at radius 1 is 1.38 bits per heavy atom. The maximum absolute atomic E-state index is 12.1. The molecule has 1 aromatic carbocycles. The van der Waals surface area contributed by atoms with Crippen molar-refractivity contribution in [3.8, 4) is 0 Å². The van der Waals surface area contributed by atoms with Crippen LogP contribution in [-0.4, -0.2) is 55.8 Å². The van der Waals surface area contributed by atoms with Gasteiger partial charge in [0.1, 0.15) is 0 Å². The van der Waals surface area contributed by atoms with E-state index in [0.717, 1.165) is 17.9 Å². The summed E-state index contributed by atoms with van der Waals surface area (Å²) in [7, 11) is 3.93. The minimum Gasteiger partial charge on any atom is -0.383 e. The van der Waals surface area contributed by atoms with Crippen molar-refractivity contribution in [3.63, 3.8) is 0 Å². The van der Waals surface area contributed by atoms with E-state index in [1.54, 1.807) is 24.0 Å². The molecule has 7 heteroatoms. The Hall–Kier alpha value is -1.70. The van der Waals surface area contributed by atoms with Gasteiger partial charge in [-0.25, -0.2) is 9.78 Å². The number of ether oxygens (including phenoxy) is 1. The van der Waals surface area contributed by atoms with Gasteiger partial charge >= 0.3 is 6.03 Å². The number of hydrogen-bond acceptors (Lipinski definition) is 5. The number of fused-ring (bicyclic) bond motifs is 2. The lowest BCUT2D eigenvalue weighted by Crippen LogP contribution is -2.59. The van der Waals surface area contributed by atoms with Gasteiger partial charge in [0.15, 0.2) is 5.13 Å². The maximum atomic E-state index is 12.1. The molecule has 2 amide bonds. The van der Waals surface area contributed by atoms with Crippen LogP contribution in [0.25, 0.3) is 10.2 Å². The second-order valence-corrected chi connectivity index (χ2v) is 9.91. The van der Waals surface area contributed by atoms with Crippen LogP contribution in [0, 0.1) is 5.92 Å². The molecule has 2 N–H and O–H groups in total. The number of hydrogen-bond donors (Lipinski definition) is 2. The first-order chi connectivity index (χ1) is 14.1. The van der Waals surface area contributed by atoms with Crippen LogP contribution in [0.5, 0.6) is 0 Å². The van der Waals surface area contributed by atoms with Crippen molar-refractivity contribution in [1.82, 2.24) is 15.2 Å². The molecule has 5 rings (SSSR count). The number of aromatic nitrogens is 1. The number of urea groups is 1. The van der Waals surface area contributed by atoms with E-state index in [1.165, 1.54) is 48.9 Å². The number of likely N-dealkylation sites (N-methyl/N-ethyl adjacent to an activating group) is 1. The summed E-state index contributed by atoms with van der Waals surface area (Å²) >= 11 is 1.57. The fourth-order valence-corrected chi connectivity index (χ4v) is 6.99. The molecule has 1 aliphatic heterocycles. The number of rotatable bonds is 4. The van der Waals surface area contributed by atoms with Crippen molar-refractivity contribution in [2.75, 3.05) is 39.2 Å². The van der Waals surface area contributed by atoms with E-state index in [0.29, 0.717) is 29.7 Å². The van der Waals surface area contributed by atoms with Crippen LogP contribution in [0.1, 0.15) is 43.2 Å². The van der Waals surface area contributed by atoms with E-state index in [-0.39, 0.29) is 6.03 Å². The van der Waals surface area contributed by atoms with Gasteiger partial charge in [0.25, 0.3) is 0 Å². The lowest BCUT2D eigenvalue weighted by molar-refractivity contribution is 0.00298. The average molecular weight is 415 g/mol. The van der Waals surface area contributed by atoms with Gasteiger partial charge in [-0.15, -0.1) is 0 Å². The van der Waals surface area contributed by atoms with Crippen molar-refractivity contribution >= 4 is 32.7 Å². The molecule has 3 aliphatic rings. The minimum atomic E-state index is -0.228. The molecule has 29 heavy (non-hydrogen) atoms. The molecule has 0 spiro atoms. The monoisotopic (exact) mass is 414 g/mol. The third-order valence-corrected chi connectivity index (χ3v) is 8.36. The van der Waals surface area contributed by atoms with E-state index >= 15 is 0 Å². The Bertz CT molecular complexity index is 929. The number of thiazole rings is 1. The molecule has 1 aromatic heterocycles. The molecule has 1 saturated heterocycles. The number of carbonyl (C=O) groups excluding carboxylic acids is 1. The van der Waals surface area contributed by atoms with Crippen molar-refractivity contribution in [3.05, 3.63) is 23.3 Å². The van der Waals surface area contributed by atoms with Crippen LogP contribution >= 0.6 is 11.3 Å². The summed E-state index contributed by atoms with van der Waals surface area (Å²) in [6.07, 6.45) is 7.80. The number of likely N-dealkylation sites (tertiary alicyclic amines) is 1. The van der Waals surface area contributed by atoms with Gasteiger partial charge in [0, 0.05) is 25.1 Å². The highest BCUT2D eigenvalue weighted by Gasteiger charge is 2.53. The normalized spacial score (nSPS) is 28.6. The van der Waals surface area contributed by atoms with Gasteiger partial charge in [-0.2, -0.15) is 0 Å². The van der Waals surface area contributed by atoms with Crippen molar-refractivity contribution in [2.45, 2.75) is 50.0 Å². The zero-order chi connectivity index (χ0) is 20.0. The van der Waals surface area contributed by atoms with Crippen LogP contribution in [0.15, 0.2) is 12.1 Å². The fraction of sp³-hybridized carbons (Fsp3) is 0.636. The first kappa shape index (κ1) is 19.3. The third-order valence-electron chi connectivity index (χ3n) is 7.43. The second-order valence-electron chi connectivity index (χ2n) is 8.88. The number of methoxy groups -OCH3 is 1. The number of nitrogens with one attached hydrogen (secondary N) is 2. The van der Waals surface area contributed by atoms with Gasteiger partial charge in [-0.3, -0.25) is 5.32 Å². The Morgan fingerprint density at radius 3 is 3.14 bits per heavy atom. The lowest BCUT2D eigenvalue weighted by atomic mass is 9.52. The molecule has 2 heterocycles. The van der Waals surface area contributed by atoms with E-state index in [1.807, 2.05) is 0 Å². The van der Waals surface area contributed by atoms with E-state index < -0.39 is 0 Å². The SMILES string of the molecule is COCCNC(=O)Nc1nc2cc3c(cc2s1)C[C@@H]1[C@@H]2CCCC[C@]32CCN1C. The highest BCUT2D eigenvalue weighted by atomic mass is 32.1. The van der Waals surface area contributed by atoms with E-state index in [2.05, 4.69) is 34.7 Å². The van der Waals surface area contributed by atoms with Crippen molar-refractivity contribution in [1.29, 1.82) is 0 Å². The van der Waals surface area contributed by atoms with E-state index in [4.69, 9.17) is 9.72 Å². The lowest BCUT2D eigenvalue weighted by Gasteiger charge is -2.58. The van der Waals surface area contributed by atoms with Crippen LogP contribution in [-0.2, 0) is 16.6 Å². The number of piperidine rings is 1. The fourth-order valence-electron chi connectivity index (χ4n) is 6.09. The predicted molar refractivity (Wildman–Crippen MR) is 117 cm³/mol. The summed E-state index contributed by atoms with van der Waals surface area (Å²) in [6.45, 7) is 2.18. The number of benzene rings is 1. The zero-order valence-corrected chi connectivity index (χ0v) is 18.1. The standard InChI is InChI=1S/C22H30N4O2S/c1-26-9-7-22-6-4-3-5-15(22)18(26)11-14-12-19-17(13-16(14)22)24-21(29-19)25-20(27)23-8-10-28-2/h12-13,15,18H,3-11H2,1-2H3,(H2,23,24,25,27)/t15-,18+,22+/m0/s1. The van der Waals surface area contributed by atoms with Crippen LogP contribution < -0.4 is 10.6 Å². The summed E-state index contributed by atoms with van der Waals surface area (Å²) in [5.74, 6) is 0.780. The highest BCUT2D eigenvalue weighted by Crippen LogP contribution is 2.56. The number of anilines is 1. The summed E-state index contributed by atoms with van der Waals surface area (Å²) in [6, 6.07) is 5.16.